The first-order valence-electron chi connectivity index (χ1n) is 9.72. The standard InChI is InChI=1S/C19H27N5O4/c1-2-28-19(27)24-5-3-16(4-6-24)21-17-11-15(12-20-13-17)18(26)23-9-7-22(14-25)8-10-23/h11-14,16,21H,2-10H2,1H3. The zero-order valence-electron chi connectivity index (χ0n) is 16.2. The molecule has 152 valence electrons. The molecule has 9 heteroatoms. The van der Waals surface area contributed by atoms with Crippen LogP contribution in [0.25, 0.3) is 0 Å². The molecule has 1 N–H and O–H groups in total. The van der Waals surface area contributed by atoms with Gasteiger partial charge in [-0.05, 0) is 25.8 Å². The topological polar surface area (TPSA) is 95.1 Å². The number of likely N-dealkylation sites (tertiary alicyclic amines) is 1. The number of piperazine rings is 1. The molecule has 2 aliphatic rings. The molecule has 0 aliphatic carbocycles. The summed E-state index contributed by atoms with van der Waals surface area (Å²) in [6, 6.07) is 2.04. The summed E-state index contributed by atoms with van der Waals surface area (Å²) < 4.78 is 5.04. The highest BCUT2D eigenvalue weighted by molar-refractivity contribution is 5.94. The monoisotopic (exact) mass is 389 g/mol. The van der Waals surface area contributed by atoms with E-state index in [1.807, 2.05) is 6.07 Å². The van der Waals surface area contributed by atoms with E-state index in [2.05, 4.69) is 10.3 Å². The van der Waals surface area contributed by atoms with E-state index in [-0.39, 0.29) is 18.0 Å². The molecule has 3 rings (SSSR count). The van der Waals surface area contributed by atoms with Gasteiger partial charge in [-0.15, -0.1) is 0 Å². The summed E-state index contributed by atoms with van der Waals surface area (Å²) in [5.74, 6) is -0.0705. The molecule has 0 bridgehead atoms. The molecule has 3 amide bonds. The molecule has 2 aliphatic heterocycles. The van der Waals surface area contributed by atoms with Crippen molar-refractivity contribution in [1.82, 2.24) is 19.7 Å². The Balaban J connectivity index is 1.53. The molecular weight excluding hydrogens is 362 g/mol. The van der Waals surface area contributed by atoms with Crippen LogP contribution in [-0.2, 0) is 9.53 Å². The Morgan fingerprint density at radius 3 is 2.50 bits per heavy atom. The number of nitrogens with zero attached hydrogens (tertiary/aromatic N) is 4. The number of aromatic nitrogens is 1. The molecule has 2 saturated heterocycles. The van der Waals surface area contributed by atoms with Crippen LogP contribution >= 0.6 is 0 Å². The van der Waals surface area contributed by atoms with Crippen molar-refractivity contribution in [2.45, 2.75) is 25.8 Å². The summed E-state index contributed by atoms with van der Waals surface area (Å²) in [4.78, 5) is 44.6. The molecule has 0 unspecified atom stereocenters. The summed E-state index contributed by atoms with van der Waals surface area (Å²) >= 11 is 0. The van der Waals surface area contributed by atoms with Gasteiger partial charge in [0, 0.05) is 57.7 Å². The third-order valence-corrected chi connectivity index (χ3v) is 5.13. The zero-order valence-corrected chi connectivity index (χ0v) is 16.2. The van der Waals surface area contributed by atoms with Crippen molar-refractivity contribution < 1.29 is 19.1 Å². The molecule has 0 aromatic carbocycles. The lowest BCUT2D eigenvalue weighted by atomic mass is 10.0. The third kappa shape index (κ3) is 4.90. The number of anilines is 1. The highest BCUT2D eigenvalue weighted by Gasteiger charge is 2.24. The maximum absolute atomic E-state index is 12.7. The first-order chi connectivity index (χ1) is 13.6. The van der Waals surface area contributed by atoms with Gasteiger partial charge in [-0.1, -0.05) is 0 Å². The zero-order chi connectivity index (χ0) is 19.9. The van der Waals surface area contributed by atoms with E-state index in [9.17, 15) is 14.4 Å². The molecule has 0 saturated carbocycles. The van der Waals surface area contributed by atoms with Crippen molar-refractivity contribution in [1.29, 1.82) is 0 Å². The quantitative estimate of drug-likeness (QED) is 0.756. The molecule has 0 atom stereocenters. The Bertz CT molecular complexity index is 697. The van der Waals surface area contributed by atoms with Crippen molar-refractivity contribution in [3.63, 3.8) is 0 Å². The molecule has 3 heterocycles. The lowest BCUT2D eigenvalue weighted by Gasteiger charge is -2.33. The third-order valence-electron chi connectivity index (χ3n) is 5.13. The molecule has 2 fully saturated rings. The fraction of sp³-hybridized carbons (Fsp3) is 0.579. The van der Waals surface area contributed by atoms with E-state index in [1.165, 1.54) is 0 Å². The van der Waals surface area contributed by atoms with Gasteiger partial charge in [0.2, 0.25) is 6.41 Å². The molecule has 9 nitrogen and oxygen atoms in total. The minimum atomic E-state index is -0.259. The summed E-state index contributed by atoms with van der Waals surface area (Å²) in [5, 5.41) is 3.42. The number of nitrogens with one attached hydrogen (secondary N) is 1. The fourth-order valence-electron chi connectivity index (χ4n) is 3.51. The molecule has 0 spiro atoms. The number of pyridine rings is 1. The molecule has 1 aromatic heterocycles. The van der Waals surface area contributed by atoms with Crippen LogP contribution in [0.15, 0.2) is 18.5 Å². The van der Waals surface area contributed by atoms with Crippen molar-refractivity contribution in [3.8, 4) is 0 Å². The number of carbonyl (C=O) groups excluding carboxylic acids is 3. The molecule has 28 heavy (non-hydrogen) atoms. The van der Waals surface area contributed by atoms with Crippen LogP contribution in [0.2, 0.25) is 0 Å². The van der Waals surface area contributed by atoms with Crippen LogP contribution in [0.5, 0.6) is 0 Å². The predicted octanol–water partition coefficient (Wildman–Crippen LogP) is 1.03. The first-order valence-corrected chi connectivity index (χ1v) is 9.72. The van der Waals surface area contributed by atoms with Gasteiger partial charge in [0.1, 0.15) is 0 Å². The van der Waals surface area contributed by atoms with Crippen LogP contribution in [0.1, 0.15) is 30.1 Å². The second-order valence-electron chi connectivity index (χ2n) is 7.00. The summed E-state index contributed by atoms with van der Waals surface area (Å²) in [6.45, 7) is 5.64. The van der Waals surface area contributed by atoms with Crippen molar-refractivity contribution in [3.05, 3.63) is 24.0 Å². The Kier molecular flexibility index (Phi) is 6.67. The van der Waals surface area contributed by atoms with E-state index >= 15 is 0 Å². The van der Waals surface area contributed by atoms with Gasteiger partial charge in [-0.25, -0.2) is 4.79 Å². The summed E-state index contributed by atoms with van der Waals surface area (Å²) in [5.41, 5.74) is 1.33. The molecule has 1 aromatic rings. The van der Waals surface area contributed by atoms with Crippen LogP contribution in [-0.4, -0.2) is 90.0 Å². The lowest BCUT2D eigenvalue weighted by molar-refractivity contribution is -0.119. The van der Waals surface area contributed by atoms with E-state index in [1.54, 1.807) is 34.0 Å². The van der Waals surface area contributed by atoms with E-state index < -0.39 is 0 Å². The number of hydrogen-bond donors (Lipinski definition) is 1. The number of hydrogen-bond acceptors (Lipinski definition) is 6. The van der Waals surface area contributed by atoms with Crippen molar-refractivity contribution >= 4 is 24.1 Å². The summed E-state index contributed by atoms with van der Waals surface area (Å²) in [6.07, 6.45) is 5.46. The normalized spacial score (nSPS) is 18.0. The van der Waals surface area contributed by atoms with E-state index in [0.717, 1.165) is 24.9 Å². The second-order valence-corrected chi connectivity index (χ2v) is 7.00. The Morgan fingerprint density at radius 2 is 1.86 bits per heavy atom. The smallest absolute Gasteiger partial charge is 0.409 e. The largest absolute Gasteiger partial charge is 0.450 e. The van der Waals surface area contributed by atoms with Gasteiger partial charge in [-0.2, -0.15) is 0 Å². The van der Waals surface area contributed by atoms with Gasteiger partial charge in [-0.3, -0.25) is 14.6 Å². The molecule has 0 radical (unpaired) electrons. The Labute approximate surface area is 164 Å². The van der Waals surface area contributed by atoms with Crippen LogP contribution in [0.3, 0.4) is 0 Å². The Hall–Kier alpha value is -2.84. The summed E-state index contributed by atoms with van der Waals surface area (Å²) in [7, 11) is 0. The average molecular weight is 389 g/mol. The maximum Gasteiger partial charge on any atom is 0.409 e. The Morgan fingerprint density at radius 1 is 1.14 bits per heavy atom. The lowest BCUT2D eigenvalue weighted by Crippen LogP contribution is -2.48. The second kappa shape index (κ2) is 9.38. The van der Waals surface area contributed by atoms with Gasteiger partial charge >= 0.3 is 6.09 Å². The van der Waals surface area contributed by atoms with Gasteiger partial charge < -0.3 is 24.8 Å². The van der Waals surface area contributed by atoms with Crippen molar-refractivity contribution in [2.75, 3.05) is 51.2 Å². The SMILES string of the molecule is CCOC(=O)N1CCC(Nc2cncc(C(=O)N3CCN(C=O)CC3)c2)CC1. The average Bonchev–Trinajstić information content (AvgIpc) is 2.74. The molecular formula is C19H27N5O4. The highest BCUT2D eigenvalue weighted by atomic mass is 16.6. The van der Waals surface area contributed by atoms with Crippen molar-refractivity contribution in [2.24, 2.45) is 0 Å². The van der Waals surface area contributed by atoms with Crippen LogP contribution in [0, 0.1) is 0 Å². The van der Waals surface area contributed by atoms with E-state index in [4.69, 9.17) is 4.74 Å². The van der Waals surface area contributed by atoms with Crippen LogP contribution < -0.4 is 5.32 Å². The number of carbonyl (C=O) groups is 3. The number of rotatable bonds is 5. The minimum Gasteiger partial charge on any atom is -0.450 e. The predicted molar refractivity (Wildman–Crippen MR) is 103 cm³/mol. The number of piperidine rings is 1. The first kappa shape index (κ1) is 19.9. The highest BCUT2D eigenvalue weighted by Crippen LogP contribution is 2.18. The maximum atomic E-state index is 12.7. The minimum absolute atomic E-state index is 0.0705. The van der Waals surface area contributed by atoms with Gasteiger partial charge in [0.25, 0.3) is 5.91 Å². The number of ether oxygens (including phenoxy) is 1. The van der Waals surface area contributed by atoms with Gasteiger partial charge in [0.15, 0.2) is 0 Å². The van der Waals surface area contributed by atoms with Gasteiger partial charge in [0.05, 0.1) is 17.9 Å². The van der Waals surface area contributed by atoms with E-state index in [0.29, 0.717) is 51.4 Å². The fourth-order valence-corrected chi connectivity index (χ4v) is 3.51. The number of amides is 3. The van der Waals surface area contributed by atoms with Crippen LogP contribution in [0.4, 0.5) is 10.5 Å².